The van der Waals surface area contributed by atoms with Crippen molar-refractivity contribution in [3.05, 3.63) is 18.7 Å². The highest BCUT2D eigenvalue weighted by Crippen LogP contribution is 2.36. The first-order valence-electron chi connectivity index (χ1n) is 7.30. The molecule has 1 saturated carbocycles. The van der Waals surface area contributed by atoms with E-state index in [0.29, 0.717) is 30.2 Å². The lowest BCUT2D eigenvalue weighted by atomic mass is 9.75. The van der Waals surface area contributed by atoms with E-state index < -0.39 is 11.5 Å². The molecule has 0 radical (unpaired) electrons. The van der Waals surface area contributed by atoms with Gasteiger partial charge in [-0.25, -0.2) is 9.78 Å². The topological polar surface area (TPSA) is 92.4 Å². The van der Waals surface area contributed by atoms with Gasteiger partial charge in [-0.1, -0.05) is 13.3 Å². The Labute approximate surface area is 122 Å². The Morgan fingerprint density at radius 1 is 1.52 bits per heavy atom. The standard InChI is InChI=1S/C14H19N5O2/c1-2-10-3-5-14(6-4-10,13(20)21)17-11-12-18-16-9-19(12)8-7-15-11/h7-10H,2-6H2,1H3,(H,15,17)(H,20,21). The number of hydrogen-bond donors (Lipinski definition) is 2. The third-order valence-corrected chi connectivity index (χ3v) is 4.52. The van der Waals surface area contributed by atoms with E-state index in [4.69, 9.17) is 0 Å². The molecule has 0 atom stereocenters. The van der Waals surface area contributed by atoms with Crippen molar-refractivity contribution in [2.45, 2.75) is 44.6 Å². The zero-order chi connectivity index (χ0) is 14.9. The summed E-state index contributed by atoms with van der Waals surface area (Å²) in [6.07, 6.45) is 9.10. The van der Waals surface area contributed by atoms with E-state index in [1.54, 1.807) is 23.1 Å². The highest BCUT2D eigenvalue weighted by atomic mass is 16.4. The summed E-state index contributed by atoms with van der Waals surface area (Å²) in [5, 5.41) is 20.7. The molecule has 0 bridgehead atoms. The number of aliphatic carboxylic acids is 1. The van der Waals surface area contributed by atoms with Crippen molar-refractivity contribution in [3.8, 4) is 0 Å². The molecule has 2 heterocycles. The van der Waals surface area contributed by atoms with E-state index in [-0.39, 0.29) is 0 Å². The summed E-state index contributed by atoms with van der Waals surface area (Å²) >= 11 is 0. The second-order valence-electron chi connectivity index (χ2n) is 5.70. The van der Waals surface area contributed by atoms with Gasteiger partial charge in [0, 0.05) is 12.4 Å². The molecule has 7 heteroatoms. The van der Waals surface area contributed by atoms with Crippen molar-refractivity contribution in [2.24, 2.45) is 5.92 Å². The summed E-state index contributed by atoms with van der Waals surface area (Å²) < 4.78 is 1.72. The number of anilines is 1. The van der Waals surface area contributed by atoms with E-state index in [1.807, 2.05) is 0 Å². The van der Waals surface area contributed by atoms with Crippen molar-refractivity contribution in [3.63, 3.8) is 0 Å². The van der Waals surface area contributed by atoms with Crippen molar-refractivity contribution >= 4 is 17.4 Å². The maximum absolute atomic E-state index is 11.8. The Morgan fingerprint density at radius 3 is 2.95 bits per heavy atom. The van der Waals surface area contributed by atoms with Crippen molar-refractivity contribution in [2.75, 3.05) is 5.32 Å². The number of carbonyl (C=O) groups is 1. The van der Waals surface area contributed by atoms with E-state index in [9.17, 15) is 9.90 Å². The Balaban J connectivity index is 1.89. The highest BCUT2D eigenvalue weighted by molar-refractivity contribution is 5.84. The number of fused-ring (bicyclic) bond motifs is 1. The first-order valence-corrected chi connectivity index (χ1v) is 7.30. The van der Waals surface area contributed by atoms with E-state index in [2.05, 4.69) is 27.4 Å². The van der Waals surface area contributed by atoms with Gasteiger partial charge >= 0.3 is 5.97 Å². The predicted octanol–water partition coefficient (Wildman–Crippen LogP) is 1.96. The van der Waals surface area contributed by atoms with Gasteiger partial charge in [-0.05, 0) is 31.6 Å². The van der Waals surface area contributed by atoms with Crippen molar-refractivity contribution < 1.29 is 9.90 Å². The maximum Gasteiger partial charge on any atom is 0.329 e. The molecule has 112 valence electrons. The summed E-state index contributed by atoms with van der Waals surface area (Å²) in [7, 11) is 0. The summed E-state index contributed by atoms with van der Waals surface area (Å²) in [6.45, 7) is 2.16. The largest absolute Gasteiger partial charge is 0.480 e. The third-order valence-electron chi connectivity index (χ3n) is 4.52. The molecule has 1 fully saturated rings. The normalized spacial score (nSPS) is 25.9. The maximum atomic E-state index is 11.8. The molecule has 7 nitrogen and oxygen atoms in total. The number of aromatic nitrogens is 4. The zero-order valence-corrected chi connectivity index (χ0v) is 12.0. The Bertz CT molecular complexity index is 646. The fourth-order valence-corrected chi connectivity index (χ4v) is 3.04. The average Bonchev–Trinajstić information content (AvgIpc) is 2.97. The summed E-state index contributed by atoms with van der Waals surface area (Å²) in [5.41, 5.74) is -0.400. The molecule has 2 aromatic rings. The molecule has 0 unspecified atom stereocenters. The minimum atomic E-state index is -0.952. The fraction of sp³-hybridized carbons (Fsp3) is 0.571. The third kappa shape index (κ3) is 2.43. The minimum Gasteiger partial charge on any atom is -0.480 e. The van der Waals surface area contributed by atoms with Crippen LogP contribution < -0.4 is 5.32 Å². The number of carboxylic acids is 1. The minimum absolute atomic E-state index is 0.479. The van der Waals surface area contributed by atoms with E-state index in [0.717, 1.165) is 19.3 Å². The van der Waals surface area contributed by atoms with Crippen LogP contribution in [0.1, 0.15) is 39.0 Å². The summed E-state index contributed by atoms with van der Waals surface area (Å²) in [6, 6.07) is 0. The lowest BCUT2D eigenvalue weighted by Crippen LogP contribution is -2.49. The first-order chi connectivity index (χ1) is 10.1. The van der Waals surface area contributed by atoms with Gasteiger partial charge in [0.2, 0.25) is 5.65 Å². The van der Waals surface area contributed by atoms with Crippen LogP contribution in [0.25, 0.3) is 5.65 Å². The van der Waals surface area contributed by atoms with Gasteiger partial charge in [-0.2, -0.15) is 0 Å². The summed E-state index contributed by atoms with van der Waals surface area (Å²) in [4.78, 5) is 16.1. The molecule has 1 aliphatic carbocycles. The molecular formula is C14H19N5O2. The number of nitrogens with one attached hydrogen (secondary N) is 1. The zero-order valence-electron chi connectivity index (χ0n) is 12.0. The van der Waals surface area contributed by atoms with Gasteiger partial charge in [0.25, 0.3) is 0 Å². The van der Waals surface area contributed by atoms with Crippen LogP contribution in [0.4, 0.5) is 5.82 Å². The van der Waals surface area contributed by atoms with E-state index >= 15 is 0 Å². The Kier molecular flexibility index (Phi) is 3.48. The quantitative estimate of drug-likeness (QED) is 0.893. The molecule has 1 aliphatic rings. The molecule has 3 rings (SSSR count). The lowest BCUT2D eigenvalue weighted by Gasteiger charge is -2.37. The number of carboxylic acid groups (broad SMARTS) is 1. The molecule has 2 aromatic heterocycles. The van der Waals surface area contributed by atoms with Gasteiger partial charge in [0.15, 0.2) is 5.82 Å². The van der Waals surface area contributed by atoms with Crippen LogP contribution in [0.2, 0.25) is 0 Å². The second kappa shape index (κ2) is 5.31. The molecule has 2 N–H and O–H groups in total. The average molecular weight is 289 g/mol. The first kappa shape index (κ1) is 13.8. The van der Waals surface area contributed by atoms with Crippen LogP contribution in [0, 0.1) is 5.92 Å². The van der Waals surface area contributed by atoms with Gasteiger partial charge in [-0.15, -0.1) is 10.2 Å². The van der Waals surface area contributed by atoms with Gasteiger partial charge in [0.1, 0.15) is 11.9 Å². The smallest absolute Gasteiger partial charge is 0.329 e. The summed E-state index contributed by atoms with van der Waals surface area (Å²) in [5.74, 6) is 0.281. The SMILES string of the molecule is CCC1CCC(Nc2nccn3cnnc23)(C(=O)O)CC1. The van der Waals surface area contributed by atoms with Gasteiger partial charge < -0.3 is 10.4 Å². The van der Waals surface area contributed by atoms with E-state index in [1.165, 1.54) is 0 Å². The molecule has 0 aromatic carbocycles. The van der Waals surface area contributed by atoms with Gasteiger partial charge in [-0.3, -0.25) is 4.40 Å². The van der Waals surface area contributed by atoms with Crippen LogP contribution in [-0.4, -0.2) is 36.2 Å². The molecule has 0 aliphatic heterocycles. The van der Waals surface area contributed by atoms with Crippen LogP contribution >= 0.6 is 0 Å². The number of rotatable bonds is 4. The number of hydrogen-bond acceptors (Lipinski definition) is 5. The second-order valence-corrected chi connectivity index (χ2v) is 5.70. The van der Waals surface area contributed by atoms with Crippen LogP contribution in [0.5, 0.6) is 0 Å². The van der Waals surface area contributed by atoms with Crippen LogP contribution in [-0.2, 0) is 4.79 Å². The predicted molar refractivity (Wildman–Crippen MR) is 77.0 cm³/mol. The van der Waals surface area contributed by atoms with Crippen molar-refractivity contribution in [1.82, 2.24) is 19.6 Å². The lowest BCUT2D eigenvalue weighted by molar-refractivity contribution is -0.143. The fourth-order valence-electron chi connectivity index (χ4n) is 3.04. The molecule has 0 amide bonds. The molecular weight excluding hydrogens is 270 g/mol. The number of nitrogens with zero attached hydrogens (tertiary/aromatic N) is 4. The monoisotopic (exact) mass is 289 g/mol. The molecule has 0 spiro atoms. The molecule has 21 heavy (non-hydrogen) atoms. The van der Waals surface area contributed by atoms with Crippen LogP contribution in [0.3, 0.4) is 0 Å². The molecule has 0 saturated heterocycles. The Hall–Kier alpha value is -2.18. The van der Waals surface area contributed by atoms with Crippen LogP contribution in [0.15, 0.2) is 18.7 Å². The highest BCUT2D eigenvalue weighted by Gasteiger charge is 2.42. The van der Waals surface area contributed by atoms with Gasteiger partial charge in [0.05, 0.1) is 0 Å². The Morgan fingerprint density at radius 2 is 2.29 bits per heavy atom. The van der Waals surface area contributed by atoms with Crippen molar-refractivity contribution in [1.29, 1.82) is 0 Å².